The van der Waals surface area contributed by atoms with Crippen LogP contribution in [-0.4, -0.2) is 42.7 Å². The van der Waals surface area contributed by atoms with Crippen LogP contribution in [0.3, 0.4) is 0 Å². The fourth-order valence-corrected chi connectivity index (χ4v) is 1.67. The van der Waals surface area contributed by atoms with Crippen LogP contribution in [0.25, 0.3) is 0 Å². The van der Waals surface area contributed by atoms with E-state index >= 15 is 0 Å². The van der Waals surface area contributed by atoms with Gasteiger partial charge in [0.2, 0.25) is 0 Å². The van der Waals surface area contributed by atoms with Crippen molar-refractivity contribution in [2.24, 2.45) is 5.92 Å². The Bertz CT molecular complexity index is 237. The fourth-order valence-electron chi connectivity index (χ4n) is 1.67. The monoisotopic (exact) mass is 231 g/mol. The highest BCUT2D eigenvalue weighted by molar-refractivity contribution is 5.68. The summed E-state index contributed by atoms with van der Waals surface area (Å²) < 4.78 is 10.4. The van der Waals surface area contributed by atoms with Gasteiger partial charge in [0.1, 0.15) is 5.60 Å². The highest BCUT2D eigenvalue weighted by Gasteiger charge is 2.30. The molecule has 0 radical (unpaired) electrons. The van der Waals surface area contributed by atoms with Crippen molar-refractivity contribution in [3.8, 4) is 0 Å². The zero-order valence-electron chi connectivity index (χ0n) is 10.2. The van der Waals surface area contributed by atoms with Gasteiger partial charge in [0.15, 0.2) is 0 Å². The number of carbonyl (C=O) groups is 1. The predicted molar refractivity (Wildman–Crippen MR) is 59.2 cm³/mol. The van der Waals surface area contributed by atoms with Gasteiger partial charge in [-0.2, -0.15) is 0 Å². The lowest BCUT2D eigenvalue weighted by atomic mass is 10.0. The molecule has 1 aliphatic rings. The number of rotatable bonds is 3. The molecule has 1 amide bonds. The molecule has 2 atom stereocenters. The Morgan fingerprint density at radius 1 is 1.50 bits per heavy atom. The third-order valence-electron chi connectivity index (χ3n) is 2.40. The van der Waals surface area contributed by atoms with Crippen LogP contribution in [-0.2, 0) is 9.47 Å². The first-order chi connectivity index (χ1) is 7.42. The van der Waals surface area contributed by atoms with E-state index in [9.17, 15) is 4.79 Å². The number of hydrogen-bond acceptors (Lipinski definition) is 4. The number of hydrogen-bond donors (Lipinski definition) is 2. The molecule has 0 spiro atoms. The van der Waals surface area contributed by atoms with Gasteiger partial charge in [0.25, 0.3) is 0 Å². The number of alkyl carbamates (subject to hydrolysis) is 1. The smallest absolute Gasteiger partial charge is 0.407 e. The van der Waals surface area contributed by atoms with E-state index in [1.54, 1.807) is 0 Å². The zero-order valence-corrected chi connectivity index (χ0v) is 10.2. The van der Waals surface area contributed by atoms with E-state index in [1.165, 1.54) is 0 Å². The molecule has 0 aromatic heterocycles. The lowest BCUT2D eigenvalue weighted by Crippen LogP contribution is -2.43. The minimum Gasteiger partial charge on any atom is -0.444 e. The first kappa shape index (κ1) is 13.3. The van der Waals surface area contributed by atoms with Gasteiger partial charge in [0, 0.05) is 12.5 Å². The van der Waals surface area contributed by atoms with Crippen LogP contribution in [0.4, 0.5) is 4.79 Å². The molecule has 5 heteroatoms. The summed E-state index contributed by atoms with van der Waals surface area (Å²) in [4.78, 5) is 11.5. The molecule has 0 aromatic carbocycles. The second-order valence-electron chi connectivity index (χ2n) is 5.06. The normalized spacial score (nSPS) is 25.5. The SMILES string of the molecule is CC(C)(C)OC(=O)N[C@H]1COC[C@@H]1CCO. The van der Waals surface area contributed by atoms with Crippen molar-refractivity contribution < 1.29 is 19.4 Å². The molecule has 16 heavy (non-hydrogen) atoms. The van der Waals surface area contributed by atoms with Crippen molar-refractivity contribution in [2.75, 3.05) is 19.8 Å². The standard InChI is InChI=1S/C11H21NO4/c1-11(2,3)16-10(14)12-9-7-15-6-8(9)4-5-13/h8-9,13H,4-7H2,1-3H3,(H,12,14)/t8-,9-/m0/s1. The highest BCUT2D eigenvalue weighted by Crippen LogP contribution is 2.17. The first-order valence-electron chi connectivity index (χ1n) is 5.60. The van der Waals surface area contributed by atoms with Gasteiger partial charge in [-0.25, -0.2) is 4.79 Å². The van der Waals surface area contributed by atoms with Crippen LogP contribution in [0.5, 0.6) is 0 Å². The molecule has 0 unspecified atom stereocenters. The molecular weight excluding hydrogens is 210 g/mol. The molecule has 1 heterocycles. The van der Waals surface area contributed by atoms with Gasteiger partial charge < -0.3 is 19.9 Å². The van der Waals surface area contributed by atoms with Crippen LogP contribution in [0.1, 0.15) is 27.2 Å². The molecule has 1 rings (SSSR count). The molecule has 0 aliphatic carbocycles. The summed E-state index contributed by atoms with van der Waals surface area (Å²) in [7, 11) is 0. The van der Waals surface area contributed by atoms with E-state index in [0.717, 1.165) is 0 Å². The Labute approximate surface area is 96.1 Å². The summed E-state index contributed by atoms with van der Waals surface area (Å²) >= 11 is 0. The van der Waals surface area contributed by atoms with E-state index in [2.05, 4.69) is 5.32 Å². The van der Waals surface area contributed by atoms with Crippen molar-refractivity contribution in [2.45, 2.75) is 38.8 Å². The molecule has 2 N–H and O–H groups in total. The van der Waals surface area contributed by atoms with E-state index in [1.807, 2.05) is 20.8 Å². The topological polar surface area (TPSA) is 67.8 Å². The van der Waals surface area contributed by atoms with Crippen molar-refractivity contribution in [3.63, 3.8) is 0 Å². The lowest BCUT2D eigenvalue weighted by Gasteiger charge is -2.23. The van der Waals surface area contributed by atoms with Gasteiger partial charge in [-0.1, -0.05) is 0 Å². The van der Waals surface area contributed by atoms with E-state index in [-0.39, 0.29) is 18.6 Å². The minimum atomic E-state index is -0.490. The number of ether oxygens (including phenoxy) is 2. The second kappa shape index (κ2) is 5.50. The van der Waals surface area contributed by atoms with Crippen molar-refractivity contribution in [1.29, 1.82) is 0 Å². The molecule has 0 saturated carbocycles. The second-order valence-corrected chi connectivity index (χ2v) is 5.06. The van der Waals surface area contributed by atoms with Crippen LogP contribution in [0.2, 0.25) is 0 Å². The lowest BCUT2D eigenvalue weighted by molar-refractivity contribution is 0.0488. The Balaban J connectivity index is 2.38. The third kappa shape index (κ3) is 4.37. The van der Waals surface area contributed by atoms with Crippen LogP contribution >= 0.6 is 0 Å². The van der Waals surface area contributed by atoms with Crippen LogP contribution in [0.15, 0.2) is 0 Å². The molecule has 1 saturated heterocycles. The van der Waals surface area contributed by atoms with Crippen LogP contribution < -0.4 is 5.32 Å². The summed E-state index contributed by atoms with van der Waals surface area (Å²) in [6.07, 6.45) is 0.214. The average Bonchev–Trinajstić information content (AvgIpc) is 2.50. The maximum Gasteiger partial charge on any atom is 0.407 e. The quantitative estimate of drug-likeness (QED) is 0.757. The first-order valence-corrected chi connectivity index (χ1v) is 5.60. The summed E-state index contributed by atoms with van der Waals surface area (Å²) in [6, 6.07) is -0.0537. The fraction of sp³-hybridized carbons (Fsp3) is 0.909. The number of nitrogens with one attached hydrogen (secondary N) is 1. The van der Waals surface area contributed by atoms with E-state index in [4.69, 9.17) is 14.6 Å². The molecule has 5 nitrogen and oxygen atoms in total. The molecule has 0 aromatic rings. The number of aliphatic hydroxyl groups excluding tert-OH is 1. The minimum absolute atomic E-state index is 0.0537. The van der Waals surface area contributed by atoms with Gasteiger partial charge in [-0.15, -0.1) is 0 Å². The molecular formula is C11H21NO4. The summed E-state index contributed by atoms with van der Waals surface area (Å²) in [5.41, 5.74) is -0.490. The Hall–Kier alpha value is -0.810. The maximum atomic E-state index is 11.5. The van der Waals surface area contributed by atoms with Gasteiger partial charge in [-0.3, -0.25) is 0 Å². The van der Waals surface area contributed by atoms with E-state index in [0.29, 0.717) is 19.6 Å². The number of aliphatic hydroxyl groups is 1. The maximum absolute atomic E-state index is 11.5. The van der Waals surface area contributed by atoms with Gasteiger partial charge in [0.05, 0.1) is 19.3 Å². The number of amides is 1. The summed E-state index contributed by atoms with van der Waals surface area (Å²) in [5, 5.41) is 11.6. The Morgan fingerprint density at radius 3 is 2.75 bits per heavy atom. The Kier molecular flexibility index (Phi) is 4.56. The predicted octanol–water partition coefficient (Wildman–Crippen LogP) is 0.908. The average molecular weight is 231 g/mol. The molecule has 94 valence electrons. The van der Waals surface area contributed by atoms with Crippen molar-refractivity contribution in [3.05, 3.63) is 0 Å². The molecule has 1 fully saturated rings. The highest BCUT2D eigenvalue weighted by atomic mass is 16.6. The third-order valence-corrected chi connectivity index (χ3v) is 2.40. The number of carbonyl (C=O) groups excluding carboxylic acids is 1. The van der Waals surface area contributed by atoms with Gasteiger partial charge in [-0.05, 0) is 27.2 Å². The van der Waals surface area contributed by atoms with E-state index < -0.39 is 11.7 Å². The summed E-state index contributed by atoms with van der Waals surface area (Å²) in [5.74, 6) is 0.178. The largest absolute Gasteiger partial charge is 0.444 e. The molecule has 0 bridgehead atoms. The van der Waals surface area contributed by atoms with Crippen molar-refractivity contribution in [1.82, 2.24) is 5.32 Å². The summed E-state index contributed by atoms with van der Waals surface area (Å²) in [6.45, 7) is 6.65. The Morgan fingerprint density at radius 2 is 2.19 bits per heavy atom. The van der Waals surface area contributed by atoms with Crippen molar-refractivity contribution >= 4 is 6.09 Å². The molecule has 1 aliphatic heterocycles. The van der Waals surface area contributed by atoms with Crippen LogP contribution in [0, 0.1) is 5.92 Å². The zero-order chi connectivity index (χ0) is 12.2. The van der Waals surface area contributed by atoms with Gasteiger partial charge >= 0.3 is 6.09 Å².